The van der Waals surface area contributed by atoms with Crippen LogP contribution in [0, 0.1) is 5.92 Å². The molecule has 0 aliphatic carbocycles. The Labute approximate surface area is 172 Å². The van der Waals surface area contributed by atoms with E-state index in [2.05, 4.69) is 5.32 Å². The summed E-state index contributed by atoms with van der Waals surface area (Å²) in [5, 5.41) is 2.83. The molecule has 1 aromatic carbocycles. The molecule has 3 rings (SSSR count). The third-order valence-corrected chi connectivity index (χ3v) is 7.13. The highest BCUT2D eigenvalue weighted by Crippen LogP contribution is 2.32. The number of carbonyl (C=O) groups excluding carboxylic acids is 1. The number of sulfonamides is 1. The zero-order valence-electron chi connectivity index (χ0n) is 17.1. The monoisotopic (exact) mass is 420 g/mol. The van der Waals surface area contributed by atoms with Gasteiger partial charge in [0.25, 0.3) is 0 Å². The maximum atomic E-state index is 13.4. The molecule has 1 amide bonds. The standard InChI is InChI=1S/C21H28N2O5S/c1-15(2)16-8-9-19(27-3)20(12-16)29(25,26)23-10-4-6-17(14-23)21(24)22-13-18-7-5-11-28-18/h5,7-9,11-12,15,17H,4,6,10,13-14H2,1-3H3,(H,22,24)/t17-/m1/s1. The number of methoxy groups -OCH3 is 1. The zero-order chi connectivity index (χ0) is 21.0. The normalized spacial score (nSPS) is 18.0. The van der Waals surface area contributed by atoms with Crippen LogP contribution >= 0.6 is 0 Å². The number of nitrogens with zero attached hydrogens (tertiary/aromatic N) is 1. The molecule has 1 saturated heterocycles. The van der Waals surface area contributed by atoms with Crippen LogP contribution < -0.4 is 10.1 Å². The lowest BCUT2D eigenvalue weighted by Gasteiger charge is -2.31. The minimum absolute atomic E-state index is 0.154. The molecule has 2 aromatic rings. The van der Waals surface area contributed by atoms with Gasteiger partial charge in [-0.3, -0.25) is 4.79 Å². The first-order valence-corrected chi connectivity index (χ1v) is 11.2. The molecule has 1 fully saturated rings. The summed E-state index contributed by atoms with van der Waals surface area (Å²) in [5.74, 6) is 0.612. The highest BCUT2D eigenvalue weighted by atomic mass is 32.2. The molecule has 1 N–H and O–H groups in total. The van der Waals surface area contributed by atoms with Crippen molar-refractivity contribution < 1.29 is 22.4 Å². The molecule has 29 heavy (non-hydrogen) atoms. The Morgan fingerprint density at radius 3 is 2.79 bits per heavy atom. The van der Waals surface area contributed by atoms with Crippen LogP contribution in [0.4, 0.5) is 0 Å². The Morgan fingerprint density at radius 1 is 1.34 bits per heavy atom. The molecule has 0 radical (unpaired) electrons. The van der Waals surface area contributed by atoms with Crippen molar-refractivity contribution >= 4 is 15.9 Å². The van der Waals surface area contributed by atoms with Gasteiger partial charge in [-0.1, -0.05) is 19.9 Å². The average Bonchev–Trinajstić information content (AvgIpc) is 3.25. The smallest absolute Gasteiger partial charge is 0.246 e. The minimum Gasteiger partial charge on any atom is -0.495 e. The van der Waals surface area contributed by atoms with Crippen LogP contribution in [0.3, 0.4) is 0 Å². The number of carbonyl (C=O) groups is 1. The molecule has 158 valence electrons. The van der Waals surface area contributed by atoms with Crippen LogP contribution in [0.5, 0.6) is 5.75 Å². The number of piperidine rings is 1. The minimum atomic E-state index is -3.78. The number of rotatable bonds is 7. The number of benzene rings is 1. The third kappa shape index (κ3) is 4.82. The largest absolute Gasteiger partial charge is 0.495 e. The van der Waals surface area contributed by atoms with E-state index >= 15 is 0 Å². The van der Waals surface area contributed by atoms with Gasteiger partial charge in [0, 0.05) is 13.1 Å². The number of furan rings is 1. The van der Waals surface area contributed by atoms with Gasteiger partial charge >= 0.3 is 0 Å². The predicted octanol–water partition coefficient (Wildman–Crippen LogP) is 3.13. The van der Waals surface area contributed by atoms with E-state index in [1.165, 1.54) is 11.4 Å². The Bertz CT molecular complexity index is 938. The van der Waals surface area contributed by atoms with Gasteiger partial charge in [-0.15, -0.1) is 0 Å². The fraction of sp³-hybridized carbons (Fsp3) is 0.476. The van der Waals surface area contributed by atoms with Gasteiger partial charge in [0.1, 0.15) is 16.4 Å². The summed E-state index contributed by atoms with van der Waals surface area (Å²) in [6.45, 7) is 4.86. The van der Waals surface area contributed by atoms with E-state index in [1.807, 2.05) is 19.9 Å². The lowest BCUT2D eigenvalue weighted by molar-refractivity contribution is -0.126. The zero-order valence-corrected chi connectivity index (χ0v) is 17.9. The lowest BCUT2D eigenvalue weighted by atomic mass is 9.99. The van der Waals surface area contributed by atoms with Gasteiger partial charge in [0.15, 0.2) is 0 Å². The topological polar surface area (TPSA) is 88.9 Å². The molecule has 0 unspecified atom stereocenters. The van der Waals surface area contributed by atoms with Crippen molar-refractivity contribution in [3.05, 3.63) is 47.9 Å². The predicted molar refractivity (Wildman–Crippen MR) is 109 cm³/mol. The summed E-state index contributed by atoms with van der Waals surface area (Å²) in [5.41, 5.74) is 0.925. The summed E-state index contributed by atoms with van der Waals surface area (Å²) in [7, 11) is -2.31. The van der Waals surface area contributed by atoms with E-state index in [1.54, 1.807) is 30.5 Å². The van der Waals surface area contributed by atoms with Crippen molar-refractivity contribution in [3.63, 3.8) is 0 Å². The summed E-state index contributed by atoms with van der Waals surface area (Å²) in [4.78, 5) is 12.7. The van der Waals surface area contributed by atoms with Crippen molar-refractivity contribution in [2.45, 2.75) is 44.0 Å². The Kier molecular flexibility index (Phi) is 6.64. The fourth-order valence-corrected chi connectivity index (χ4v) is 5.21. The molecule has 1 aromatic heterocycles. The molecular weight excluding hydrogens is 392 g/mol. The second-order valence-corrected chi connectivity index (χ2v) is 9.47. The first kappa shape index (κ1) is 21.4. The van der Waals surface area contributed by atoms with Crippen LogP contribution in [0.1, 0.15) is 43.9 Å². The van der Waals surface area contributed by atoms with Crippen molar-refractivity contribution in [3.8, 4) is 5.75 Å². The Morgan fingerprint density at radius 2 is 2.14 bits per heavy atom. The van der Waals surface area contributed by atoms with Gasteiger partial charge in [-0.25, -0.2) is 8.42 Å². The molecule has 7 nitrogen and oxygen atoms in total. The van der Waals surface area contributed by atoms with E-state index in [4.69, 9.17) is 9.15 Å². The molecule has 1 aliphatic rings. The highest BCUT2D eigenvalue weighted by Gasteiger charge is 2.35. The van der Waals surface area contributed by atoms with E-state index in [-0.39, 0.29) is 23.3 Å². The summed E-state index contributed by atoms with van der Waals surface area (Å²) >= 11 is 0. The second-order valence-electron chi connectivity index (χ2n) is 7.56. The van der Waals surface area contributed by atoms with Crippen molar-refractivity contribution in [1.29, 1.82) is 0 Å². The van der Waals surface area contributed by atoms with E-state index < -0.39 is 15.9 Å². The Balaban J connectivity index is 1.77. The summed E-state index contributed by atoms with van der Waals surface area (Å²) in [6, 6.07) is 8.80. The SMILES string of the molecule is COc1ccc(C(C)C)cc1S(=O)(=O)N1CCC[C@@H](C(=O)NCc2ccco2)C1. The van der Waals surface area contributed by atoms with Crippen LogP contribution in [-0.4, -0.2) is 38.8 Å². The van der Waals surface area contributed by atoms with E-state index in [9.17, 15) is 13.2 Å². The van der Waals surface area contributed by atoms with Crippen molar-refractivity contribution in [2.75, 3.05) is 20.2 Å². The lowest BCUT2D eigenvalue weighted by Crippen LogP contribution is -2.45. The third-order valence-electron chi connectivity index (χ3n) is 5.24. The van der Waals surface area contributed by atoms with Crippen LogP contribution in [0.15, 0.2) is 45.9 Å². The van der Waals surface area contributed by atoms with Gasteiger partial charge in [0.05, 0.1) is 25.8 Å². The van der Waals surface area contributed by atoms with Crippen molar-refractivity contribution in [1.82, 2.24) is 9.62 Å². The van der Waals surface area contributed by atoms with E-state index in [0.29, 0.717) is 37.4 Å². The summed E-state index contributed by atoms with van der Waals surface area (Å²) in [6.07, 6.45) is 2.83. The molecule has 0 saturated carbocycles. The van der Waals surface area contributed by atoms with Gasteiger partial charge < -0.3 is 14.5 Å². The van der Waals surface area contributed by atoms with Crippen LogP contribution in [0.25, 0.3) is 0 Å². The summed E-state index contributed by atoms with van der Waals surface area (Å²) < 4.78 is 38.6. The Hall–Kier alpha value is -2.32. The van der Waals surface area contributed by atoms with Crippen LogP contribution in [0.2, 0.25) is 0 Å². The fourth-order valence-electron chi connectivity index (χ4n) is 3.50. The number of ether oxygens (including phenoxy) is 1. The van der Waals surface area contributed by atoms with E-state index in [0.717, 1.165) is 5.56 Å². The quantitative estimate of drug-likeness (QED) is 0.743. The number of amides is 1. The first-order valence-electron chi connectivity index (χ1n) is 9.81. The highest BCUT2D eigenvalue weighted by molar-refractivity contribution is 7.89. The maximum absolute atomic E-state index is 13.4. The van der Waals surface area contributed by atoms with Gasteiger partial charge in [-0.05, 0) is 48.6 Å². The second kappa shape index (κ2) is 9.00. The molecule has 1 atom stereocenters. The van der Waals surface area contributed by atoms with Gasteiger partial charge in [0.2, 0.25) is 15.9 Å². The number of hydrogen-bond donors (Lipinski definition) is 1. The molecule has 0 bridgehead atoms. The molecule has 2 heterocycles. The number of hydrogen-bond acceptors (Lipinski definition) is 5. The molecule has 0 spiro atoms. The first-order chi connectivity index (χ1) is 13.8. The number of nitrogens with one attached hydrogen (secondary N) is 1. The van der Waals surface area contributed by atoms with Crippen molar-refractivity contribution in [2.24, 2.45) is 5.92 Å². The average molecular weight is 421 g/mol. The maximum Gasteiger partial charge on any atom is 0.246 e. The van der Waals surface area contributed by atoms with Crippen LogP contribution in [-0.2, 0) is 21.4 Å². The van der Waals surface area contributed by atoms with Gasteiger partial charge in [-0.2, -0.15) is 4.31 Å². The molecule has 1 aliphatic heterocycles. The molecular formula is C21H28N2O5S. The molecule has 8 heteroatoms.